The summed E-state index contributed by atoms with van der Waals surface area (Å²) >= 11 is 0. The lowest BCUT2D eigenvalue weighted by Crippen LogP contribution is -2.22. The fourth-order valence-corrected chi connectivity index (χ4v) is 2.00. The zero-order valence-electron chi connectivity index (χ0n) is 9.39. The molecule has 0 bridgehead atoms. The first-order chi connectivity index (χ1) is 7.84. The molecule has 2 heterocycles. The van der Waals surface area contributed by atoms with Crippen molar-refractivity contribution >= 4 is 0 Å². The fourth-order valence-electron chi connectivity index (χ4n) is 2.00. The molecule has 2 fully saturated rings. The molecular formula is C11H16N2O3. The molecule has 0 radical (unpaired) electrons. The van der Waals surface area contributed by atoms with E-state index in [1.807, 2.05) is 0 Å². The molecule has 2 atom stereocenters. The van der Waals surface area contributed by atoms with Gasteiger partial charge in [-0.05, 0) is 18.8 Å². The highest BCUT2D eigenvalue weighted by atomic mass is 16.6. The molecule has 1 aliphatic carbocycles. The smallest absolute Gasteiger partial charge is 0.258 e. The minimum absolute atomic E-state index is 0.179. The fraction of sp³-hybridized carbons (Fsp3) is 0.818. The number of ether oxygens (including phenoxy) is 2. The predicted octanol–water partition coefficient (Wildman–Crippen LogP) is 1.67. The van der Waals surface area contributed by atoms with Gasteiger partial charge in [0, 0.05) is 5.92 Å². The van der Waals surface area contributed by atoms with Crippen LogP contribution in [0.4, 0.5) is 0 Å². The Hall–Kier alpha value is -0.940. The highest BCUT2D eigenvalue weighted by molar-refractivity contribution is 5.01. The molecule has 0 N–H and O–H groups in total. The SMILES string of the molecule is CC(c1noc(C2COCCO2)n1)C1CC1. The van der Waals surface area contributed by atoms with Crippen LogP contribution in [0.5, 0.6) is 0 Å². The van der Waals surface area contributed by atoms with Crippen LogP contribution >= 0.6 is 0 Å². The quantitative estimate of drug-likeness (QED) is 0.781. The van der Waals surface area contributed by atoms with Crippen molar-refractivity contribution in [3.05, 3.63) is 11.7 Å². The molecule has 0 amide bonds. The molecule has 88 valence electrons. The van der Waals surface area contributed by atoms with Crippen LogP contribution in [0.2, 0.25) is 0 Å². The minimum Gasteiger partial charge on any atom is -0.376 e. The van der Waals surface area contributed by atoms with Crippen LogP contribution in [0.1, 0.15) is 43.5 Å². The van der Waals surface area contributed by atoms with E-state index in [0.717, 1.165) is 11.7 Å². The van der Waals surface area contributed by atoms with E-state index in [4.69, 9.17) is 14.0 Å². The summed E-state index contributed by atoms with van der Waals surface area (Å²) in [7, 11) is 0. The summed E-state index contributed by atoms with van der Waals surface area (Å²) < 4.78 is 16.1. The van der Waals surface area contributed by atoms with Crippen LogP contribution in [-0.4, -0.2) is 30.0 Å². The summed E-state index contributed by atoms with van der Waals surface area (Å²) in [6, 6.07) is 0. The van der Waals surface area contributed by atoms with E-state index in [-0.39, 0.29) is 6.10 Å². The zero-order chi connectivity index (χ0) is 11.0. The summed E-state index contributed by atoms with van der Waals surface area (Å²) in [6.45, 7) is 3.92. The minimum atomic E-state index is -0.179. The summed E-state index contributed by atoms with van der Waals surface area (Å²) in [4.78, 5) is 4.41. The van der Waals surface area contributed by atoms with Crippen molar-refractivity contribution in [1.82, 2.24) is 10.1 Å². The van der Waals surface area contributed by atoms with Crippen LogP contribution in [0.3, 0.4) is 0 Å². The van der Waals surface area contributed by atoms with E-state index >= 15 is 0 Å². The largest absolute Gasteiger partial charge is 0.376 e. The first-order valence-corrected chi connectivity index (χ1v) is 5.87. The maximum Gasteiger partial charge on any atom is 0.258 e. The number of hydrogen-bond donors (Lipinski definition) is 0. The van der Waals surface area contributed by atoms with Gasteiger partial charge in [0.2, 0.25) is 0 Å². The summed E-state index contributed by atoms with van der Waals surface area (Å²) in [6.07, 6.45) is 2.39. The van der Waals surface area contributed by atoms with E-state index in [1.54, 1.807) is 0 Å². The number of rotatable bonds is 3. The van der Waals surface area contributed by atoms with Gasteiger partial charge in [-0.1, -0.05) is 12.1 Å². The molecule has 0 spiro atoms. The Morgan fingerprint density at radius 2 is 2.19 bits per heavy atom. The molecule has 1 aromatic heterocycles. The molecule has 1 aromatic rings. The zero-order valence-corrected chi connectivity index (χ0v) is 9.39. The molecule has 3 rings (SSSR count). The van der Waals surface area contributed by atoms with Crippen molar-refractivity contribution in [1.29, 1.82) is 0 Å². The van der Waals surface area contributed by atoms with Gasteiger partial charge in [0.25, 0.3) is 5.89 Å². The van der Waals surface area contributed by atoms with Gasteiger partial charge in [0.05, 0.1) is 19.8 Å². The van der Waals surface area contributed by atoms with Gasteiger partial charge < -0.3 is 14.0 Å². The Kier molecular flexibility index (Phi) is 2.65. The second kappa shape index (κ2) is 4.14. The van der Waals surface area contributed by atoms with E-state index < -0.39 is 0 Å². The molecule has 16 heavy (non-hydrogen) atoms. The van der Waals surface area contributed by atoms with Crippen molar-refractivity contribution in [3.8, 4) is 0 Å². The average molecular weight is 224 g/mol. The van der Waals surface area contributed by atoms with Crippen molar-refractivity contribution in [2.24, 2.45) is 5.92 Å². The highest BCUT2D eigenvalue weighted by Gasteiger charge is 2.33. The van der Waals surface area contributed by atoms with Crippen molar-refractivity contribution < 1.29 is 14.0 Å². The van der Waals surface area contributed by atoms with E-state index in [1.165, 1.54) is 12.8 Å². The lowest BCUT2D eigenvalue weighted by Gasteiger charge is -2.19. The van der Waals surface area contributed by atoms with Crippen LogP contribution in [-0.2, 0) is 9.47 Å². The number of nitrogens with zero attached hydrogens (tertiary/aromatic N) is 2. The monoisotopic (exact) mass is 224 g/mol. The van der Waals surface area contributed by atoms with Crippen molar-refractivity contribution in [2.45, 2.75) is 31.8 Å². The highest BCUT2D eigenvalue weighted by Crippen LogP contribution is 2.41. The summed E-state index contributed by atoms with van der Waals surface area (Å²) in [5.74, 6) is 2.52. The normalized spacial score (nSPS) is 27.9. The Morgan fingerprint density at radius 1 is 1.31 bits per heavy atom. The Labute approximate surface area is 94.1 Å². The van der Waals surface area contributed by atoms with Crippen molar-refractivity contribution in [3.63, 3.8) is 0 Å². The van der Waals surface area contributed by atoms with Crippen LogP contribution in [0, 0.1) is 5.92 Å². The molecule has 1 aliphatic heterocycles. The van der Waals surface area contributed by atoms with Gasteiger partial charge in [-0.3, -0.25) is 0 Å². The lowest BCUT2D eigenvalue weighted by atomic mass is 10.1. The molecule has 1 saturated carbocycles. The summed E-state index contributed by atoms with van der Waals surface area (Å²) in [5, 5.41) is 4.03. The Bertz CT molecular complexity index is 356. The van der Waals surface area contributed by atoms with Gasteiger partial charge in [0.1, 0.15) is 0 Å². The van der Waals surface area contributed by atoms with Gasteiger partial charge in [-0.2, -0.15) is 4.98 Å². The van der Waals surface area contributed by atoms with E-state index in [2.05, 4.69) is 17.1 Å². The maximum atomic E-state index is 5.51. The summed E-state index contributed by atoms with van der Waals surface area (Å²) in [5.41, 5.74) is 0. The van der Waals surface area contributed by atoms with E-state index in [9.17, 15) is 0 Å². The standard InChI is InChI=1S/C11H16N2O3/c1-7(8-2-3-8)10-12-11(16-13-10)9-6-14-4-5-15-9/h7-9H,2-6H2,1H3. The van der Waals surface area contributed by atoms with Gasteiger partial charge in [-0.15, -0.1) is 0 Å². The van der Waals surface area contributed by atoms with Crippen LogP contribution < -0.4 is 0 Å². The third kappa shape index (κ3) is 1.97. The van der Waals surface area contributed by atoms with Gasteiger partial charge in [-0.25, -0.2) is 0 Å². The molecule has 5 heteroatoms. The second-order valence-electron chi connectivity index (χ2n) is 4.55. The third-order valence-corrected chi connectivity index (χ3v) is 3.29. The number of hydrogen-bond acceptors (Lipinski definition) is 5. The molecule has 2 aliphatic rings. The molecule has 2 unspecified atom stereocenters. The second-order valence-corrected chi connectivity index (χ2v) is 4.55. The van der Waals surface area contributed by atoms with Gasteiger partial charge >= 0.3 is 0 Å². The third-order valence-electron chi connectivity index (χ3n) is 3.29. The van der Waals surface area contributed by atoms with Gasteiger partial charge in [0.15, 0.2) is 11.9 Å². The molecule has 1 saturated heterocycles. The van der Waals surface area contributed by atoms with Crippen molar-refractivity contribution in [2.75, 3.05) is 19.8 Å². The molecule has 5 nitrogen and oxygen atoms in total. The average Bonchev–Trinajstić information content (AvgIpc) is 3.07. The Balaban J connectivity index is 1.70. The maximum absolute atomic E-state index is 5.51. The van der Waals surface area contributed by atoms with Crippen LogP contribution in [0.25, 0.3) is 0 Å². The van der Waals surface area contributed by atoms with E-state index in [0.29, 0.717) is 31.6 Å². The topological polar surface area (TPSA) is 57.4 Å². The molecule has 0 aromatic carbocycles. The first kappa shape index (κ1) is 10.2. The predicted molar refractivity (Wildman–Crippen MR) is 54.9 cm³/mol. The molecular weight excluding hydrogens is 208 g/mol. The Morgan fingerprint density at radius 3 is 2.88 bits per heavy atom. The van der Waals surface area contributed by atoms with Crippen LogP contribution in [0.15, 0.2) is 4.52 Å². The number of aromatic nitrogens is 2. The first-order valence-electron chi connectivity index (χ1n) is 5.87. The lowest BCUT2D eigenvalue weighted by molar-refractivity contribution is -0.101.